The lowest BCUT2D eigenvalue weighted by Crippen LogP contribution is -2.44. The van der Waals surface area contributed by atoms with E-state index < -0.39 is 0 Å². The summed E-state index contributed by atoms with van der Waals surface area (Å²) in [5.74, 6) is 6.65. The number of aromatic nitrogens is 1. The van der Waals surface area contributed by atoms with Gasteiger partial charge in [0.1, 0.15) is 11.6 Å². The summed E-state index contributed by atoms with van der Waals surface area (Å²) in [5, 5.41) is 9.24. The fraction of sp³-hybridized carbons (Fsp3) is 0.500. The van der Waals surface area contributed by atoms with E-state index in [2.05, 4.69) is 10.4 Å². The minimum Gasteiger partial charge on any atom is -0.394 e. The number of hydrogen-bond acceptors (Lipinski definition) is 5. The number of likely N-dealkylation sites (N-methyl/N-ethyl adjacent to an activating group) is 1. The maximum atomic E-state index is 9.24. The number of aliphatic hydroxyl groups excluding tert-OH is 1. The van der Waals surface area contributed by atoms with E-state index in [1.54, 1.807) is 6.07 Å². The minimum absolute atomic E-state index is 0.0610. The lowest BCUT2D eigenvalue weighted by Gasteiger charge is -2.34. The highest BCUT2D eigenvalue weighted by molar-refractivity contribution is 5.47. The summed E-state index contributed by atoms with van der Waals surface area (Å²) >= 11 is 0. The van der Waals surface area contributed by atoms with Crippen molar-refractivity contribution in [2.45, 2.75) is 19.4 Å². The Morgan fingerprint density at radius 1 is 1.53 bits per heavy atom. The van der Waals surface area contributed by atoms with Crippen LogP contribution in [0.4, 0.5) is 11.6 Å². The molecule has 0 amide bonds. The molecule has 0 aliphatic carbocycles. The van der Waals surface area contributed by atoms with Crippen molar-refractivity contribution in [2.24, 2.45) is 5.84 Å². The number of hydrogen-bond donors (Lipinski definition) is 3. The zero-order chi connectivity index (χ0) is 11.5. The molecule has 0 bridgehead atoms. The zero-order valence-electron chi connectivity index (χ0n) is 9.36. The van der Waals surface area contributed by atoms with Gasteiger partial charge in [0.2, 0.25) is 0 Å². The van der Waals surface area contributed by atoms with E-state index in [9.17, 15) is 5.11 Å². The Balaban J connectivity index is 2.95. The molecule has 1 aromatic rings. The molecule has 0 unspecified atom stereocenters. The first-order chi connectivity index (χ1) is 7.01. The van der Waals surface area contributed by atoms with Gasteiger partial charge < -0.3 is 15.4 Å². The lowest BCUT2D eigenvalue weighted by atomic mass is 10.1. The van der Waals surface area contributed by atoms with Gasteiger partial charge in [0, 0.05) is 7.05 Å². The number of pyridine rings is 1. The van der Waals surface area contributed by atoms with Crippen molar-refractivity contribution in [2.75, 3.05) is 24.0 Å². The molecule has 0 saturated heterocycles. The fourth-order valence-corrected chi connectivity index (χ4v) is 1.11. The standard InChI is InChI=1S/C10H18N4O/c1-10(2,7-15)14(3)9-6-4-5-8(12-9)13-11/h4-6,15H,7,11H2,1-3H3,(H,12,13). The van der Waals surface area contributed by atoms with Crippen LogP contribution >= 0.6 is 0 Å². The maximum absolute atomic E-state index is 9.24. The highest BCUT2D eigenvalue weighted by atomic mass is 16.3. The number of nitrogens with zero attached hydrogens (tertiary/aromatic N) is 2. The van der Waals surface area contributed by atoms with E-state index in [1.807, 2.05) is 37.9 Å². The Morgan fingerprint density at radius 2 is 2.20 bits per heavy atom. The van der Waals surface area contributed by atoms with Crippen LogP contribution in [-0.4, -0.2) is 29.3 Å². The molecule has 0 aromatic carbocycles. The first kappa shape index (κ1) is 11.7. The molecule has 0 aliphatic rings. The molecule has 5 heteroatoms. The van der Waals surface area contributed by atoms with Crippen LogP contribution in [0.3, 0.4) is 0 Å². The largest absolute Gasteiger partial charge is 0.394 e. The highest BCUT2D eigenvalue weighted by Gasteiger charge is 2.23. The molecule has 5 nitrogen and oxygen atoms in total. The van der Waals surface area contributed by atoms with E-state index >= 15 is 0 Å². The first-order valence-corrected chi connectivity index (χ1v) is 4.79. The molecule has 1 aromatic heterocycles. The highest BCUT2D eigenvalue weighted by Crippen LogP contribution is 2.20. The molecule has 0 saturated carbocycles. The normalized spacial score (nSPS) is 11.3. The van der Waals surface area contributed by atoms with E-state index in [0.29, 0.717) is 5.82 Å². The van der Waals surface area contributed by atoms with Crippen molar-refractivity contribution in [3.05, 3.63) is 18.2 Å². The summed E-state index contributed by atoms with van der Waals surface area (Å²) in [7, 11) is 1.89. The van der Waals surface area contributed by atoms with Crippen molar-refractivity contribution in [3.8, 4) is 0 Å². The maximum Gasteiger partial charge on any atom is 0.142 e. The Kier molecular flexibility index (Phi) is 3.49. The van der Waals surface area contributed by atoms with Gasteiger partial charge in [-0.1, -0.05) is 6.07 Å². The van der Waals surface area contributed by atoms with Gasteiger partial charge in [0.05, 0.1) is 12.1 Å². The van der Waals surface area contributed by atoms with Gasteiger partial charge in [-0.25, -0.2) is 10.8 Å². The van der Waals surface area contributed by atoms with Crippen molar-refractivity contribution < 1.29 is 5.11 Å². The van der Waals surface area contributed by atoms with Crippen LogP contribution < -0.4 is 16.2 Å². The van der Waals surface area contributed by atoms with Crippen LogP contribution in [0.1, 0.15) is 13.8 Å². The van der Waals surface area contributed by atoms with Gasteiger partial charge >= 0.3 is 0 Å². The van der Waals surface area contributed by atoms with Gasteiger partial charge in [-0.15, -0.1) is 0 Å². The van der Waals surface area contributed by atoms with Crippen molar-refractivity contribution in [3.63, 3.8) is 0 Å². The molecule has 4 N–H and O–H groups in total. The van der Waals surface area contributed by atoms with Gasteiger partial charge in [-0.2, -0.15) is 0 Å². The number of nitrogens with two attached hydrogens (primary N) is 1. The molecular formula is C10H18N4O. The van der Waals surface area contributed by atoms with Crippen LogP contribution in [-0.2, 0) is 0 Å². The smallest absolute Gasteiger partial charge is 0.142 e. The van der Waals surface area contributed by atoms with Crippen LogP contribution in [0.2, 0.25) is 0 Å². The zero-order valence-corrected chi connectivity index (χ0v) is 9.36. The third-order valence-electron chi connectivity index (χ3n) is 2.52. The van der Waals surface area contributed by atoms with Gasteiger partial charge in [-0.05, 0) is 26.0 Å². The fourth-order valence-electron chi connectivity index (χ4n) is 1.11. The van der Waals surface area contributed by atoms with Crippen LogP contribution in [0.15, 0.2) is 18.2 Å². The molecule has 0 radical (unpaired) electrons. The van der Waals surface area contributed by atoms with Gasteiger partial charge in [0.25, 0.3) is 0 Å². The summed E-state index contributed by atoms with van der Waals surface area (Å²) in [5.41, 5.74) is 2.14. The SMILES string of the molecule is CN(c1cccc(NN)n1)C(C)(C)CO. The molecular weight excluding hydrogens is 192 g/mol. The van der Waals surface area contributed by atoms with E-state index in [-0.39, 0.29) is 12.1 Å². The quantitative estimate of drug-likeness (QED) is 0.500. The molecule has 1 heterocycles. The number of rotatable bonds is 4. The molecule has 15 heavy (non-hydrogen) atoms. The van der Waals surface area contributed by atoms with E-state index in [0.717, 1.165) is 5.82 Å². The topological polar surface area (TPSA) is 74.4 Å². The second kappa shape index (κ2) is 4.46. The summed E-state index contributed by atoms with van der Waals surface area (Å²) in [6.07, 6.45) is 0. The number of anilines is 2. The molecule has 0 fully saturated rings. The average Bonchev–Trinajstić information content (AvgIpc) is 2.28. The Morgan fingerprint density at radius 3 is 2.73 bits per heavy atom. The molecule has 0 atom stereocenters. The van der Waals surface area contributed by atoms with E-state index in [1.165, 1.54) is 0 Å². The lowest BCUT2D eigenvalue weighted by molar-refractivity contribution is 0.215. The van der Waals surface area contributed by atoms with E-state index in [4.69, 9.17) is 5.84 Å². The van der Waals surface area contributed by atoms with Crippen molar-refractivity contribution >= 4 is 11.6 Å². The summed E-state index contributed by atoms with van der Waals surface area (Å²) < 4.78 is 0. The number of aliphatic hydroxyl groups is 1. The number of nitrogen functional groups attached to an aromatic ring is 1. The first-order valence-electron chi connectivity index (χ1n) is 4.79. The third kappa shape index (κ3) is 2.57. The number of hydrazine groups is 1. The summed E-state index contributed by atoms with van der Waals surface area (Å²) in [6.45, 7) is 3.94. The predicted molar refractivity (Wildman–Crippen MR) is 61.6 cm³/mol. The molecule has 84 valence electrons. The monoisotopic (exact) mass is 210 g/mol. The predicted octanol–water partition coefficient (Wildman–Crippen LogP) is 0.574. The molecule has 0 spiro atoms. The Bertz CT molecular complexity index is 327. The molecule has 1 rings (SSSR count). The Labute approximate surface area is 89.9 Å². The second-order valence-electron chi connectivity index (χ2n) is 4.05. The average molecular weight is 210 g/mol. The van der Waals surface area contributed by atoms with Crippen LogP contribution in [0, 0.1) is 0 Å². The van der Waals surface area contributed by atoms with Crippen LogP contribution in [0.25, 0.3) is 0 Å². The van der Waals surface area contributed by atoms with Gasteiger partial charge in [-0.3, -0.25) is 0 Å². The number of nitrogens with one attached hydrogen (secondary N) is 1. The van der Waals surface area contributed by atoms with Crippen molar-refractivity contribution in [1.82, 2.24) is 4.98 Å². The summed E-state index contributed by atoms with van der Waals surface area (Å²) in [4.78, 5) is 6.19. The molecule has 0 aliphatic heterocycles. The summed E-state index contributed by atoms with van der Waals surface area (Å²) in [6, 6.07) is 5.52. The minimum atomic E-state index is -0.347. The Hall–Kier alpha value is -1.33. The second-order valence-corrected chi connectivity index (χ2v) is 4.05. The van der Waals surface area contributed by atoms with Crippen molar-refractivity contribution in [1.29, 1.82) is 0 Å². The van der Waals surface area contributed by atoms with Crippen LogP contribution in [0.5, 0.6) is 0 Å². The van der Waals surface area contributed by atoms with Gasteiger partial charge in [0.15, 0.2) is 0 Å². The third-order valence-corrected chi connectivity index (χ3v) is 2.52.